The molecular weight excluding hydrogens is 264 g/mol. The van der Waals surface area contributed by atoms with Gasteiger partial charge in [-0.3, -0.25) is 0 Å². The third-order valence-electron chi connectivity index (χ3n) is 3.47. The number of rotatable bonds is 2. The Hall–Kier alpha value is -3.06. The molecule has 102 valence electrons. The number of hydrogen-bond donors (Lipinski definition) is 1. The van der Waals surface area contributed by atoms with Gasteiger partial charge in [-0.25, -0.2) is 4.79 Å². The Labute approximate surface area is 121 Å². The maximum Gasteiger partial charge on any atom is 0.335 e. The second-order valence-electron chi connectivity index (χ2n) is 4.90. The number of carboxylic acid groups (broad SMARTS) is 1. The van der Waals surface area contributed by atoms with Gasteiger partial charge in [0.15, 0.2) is 0 Å². The van der Waals surface area contributed by atoms with Crippen molar-refractivity contribution < 1.29 is 9.90 Å². The Morgan fingerprint density at radius 1 is 1.19 bits per heavy atom. The summed E-state index contributed by atoms with van der Waals surface area (Å²) in [7, 11) is 0. The fourth-order valence-corrected chi connectivity index (χ4v) is 2.41. The monoisotopic (exact) mass is 276 g/mol. The van der Waals surface area contributed by atoms with E-state index >= 15 is 0 Å². The van der Waals surface area contributed by atoms with Crippen molar-refractivity contribution in [2.75, 3.05) is 0 Å². The first-order valence-electron chi connectivity index (χ1n) is 6.45. The molecule has 0 aliphatic heterocycles. The number of fused-ring (bicyclic) bond motifs is 1. The summed E-state index contributed by atoms with van der Waals surface area (Å²) in [4.78, 5) is 10.9. The molecule has 0 fully saturated rings. The highest BCUT2D eigenvalue weighted by atomic mass is 16.4. The minimum Gasteiger partial charge on any atom is -0.478 e. The quantitative estimate of drug-likeness (QED) is 0.778. The van der Waals surface area contributed by atoms with E-state index in [0.717, 1.165) is 22.2 Å². The molecule has 0 atom stereocenters. The molecule has 0 spiro atoms. The molecule has 1 N–H and O–H groups in total. The third-order valence-corrected chi connectivity index (χ3v) is 3.47. The van der Waals surface area contributed by atoms with Crippen LogP contribution in [0.15, 0.2) is 48.7 Å². The Bertz CT molecular complexity index is 884. The smallest absolute Gasteiger partial charge is 0.335 e. The molecule has 0 saturated heterocycles. The Kier molecular flexibility index (Phi) is 2.96. The van der Waals surface area contributed by atoms with Crippen LogP contribution in [-0.4, -0.2) is 15.6 Å². The fraction of sp³-hybridized carbons (Fsp3) is 0.0588. The van der Waals surface area contributed by atoms with Crippen molar-refractivity contribution in [3.63, 3.8) is 0 Å². The van der Waals surface area contributed by atoms with Gasteiger partial charge in [0.25, 0.3) is 0 Å². The van der Waals surface area contributed by atoms with Crippen molar-refractivity contribution in [2.24, 2.45) is 0 Å². The second kappa shape index (κ2) is 4.80. The topological polar surface area (TPSA) is 66.0 Å². The lowest BCUT2D eigenvalue weighted by molar-refractivity contribution is 0.0697. The molecule has 0 amide bonds. The van der Waals surface area contributed by atoms with Crippen LogP contribution in [0.4, 0.5) is 0 Å². The Morgan fingerprint density at radius 3 is 2.52 bits per heavy atom. The molecule has 3 rings (SSSR count). The molecule has 0 aliphatic rings. The SMILES string of the molecule is Cc1ccc2c(c1)c(C#N)cn2-c1ccc(C(=O)O)cc1. The van der Waals surface area contributed by atoms with Gasteiger partial charge in [-0.1, -0.05) is 11.6 Å². The average Bonchev–Trinajstić information content (AvgIpc) is 2.85. The molecule has 2 aromatic carbocycles. The molecule has 3 aromatic rings. The van der Waals surface area contributed by atoms with Gasteiger partial charge in [-0.05, 0) is 43.3 Å². The van der Waals surface area contributed by atoms with Crippen LogP contribution in [0, 0.1) is 18.3 Å². The van der Waals surface area contributed by atoms with Crippen LogP contribution in [-0.2, 0) is 0 Å². The maximum atomic E-state index is 10.9. The zero-order valence-electron chi connectivity index (χ0n) is 11.4. The maximum absolute atomic E-state index is 10.9. The molecule has 0 radical (unpaired) electrons. The first kappa shape index (κ1) is 12.9. The Balaban J connectivity index is 2.21. The minimum atomic E-state index is -0.952. The van der Waals surface area contributed by atoms with E-state index in [-0.39, 0.29) is 5.56 Å². The predicted octanol–water partition coefficient (Wildman–Crippen LogP) is 3.51. The summed E-state index contributed by atoms with van der Waals surface area (Å²) in [5, 5.41) is 19.1. The highest BCUT2D eigenvalue weighted by Crippen LogP contribution is 2.25. The summed E-state index contributed by atoms with van der Waals surface area (Å²) >= 11 is 0. The molecule has 0 bridgehead atoms. The third kappa shape index (κ3) is 2.15. The predicted molar refractivity (Wildman–Crippen MR) is 79.7 cm³/mol. The van der Waals surface area contributed by atoms with Gasteiger partial charge in [-0.15, -0.1) is 0 Å². The fourth-order valence-electron chi connectivity index (χ4n) is 2.41. The first-order chi connectivity index (χ1) is 10.1. The summed E-state index contributed by atoms with van der Waals surface area (Å²) in [6.45, 7) is 1.99. The van der Waals surface area contributed by atoms with Crippen LogP contribution in [0.1, 0.15) is 21.5 Å². The van der Waals surface area contributed by atoms with E-state index in [1.165, 1.54) is 0 Å². The highest BCUT2D eigenvalue weighted by molar-refractivity contribution is 5.89. The summed E-state index contributed by atoms with van der Waals surface area (Å²) < 4.78 is 1.90. The first-order valence-corrected chi connectivity index (χ1v) is 6.45. The summed E-state index contributed by atoms with van der Waals surface area (Å²) in [5.74, 6) is -0.952. The molecule has 4 heteroatoms. The van der Waals surface area contributed by atoms with E-state index in [9.17, 15) is 10.1 Å². The zero-order chi connectivity index (χ0) is 15.0. The lowest BCUT2D eigenvalue weighted by Crippen LogP contribution is -1.97. The lowest BCUT2D eigenvalue weighted by atomic mass is 10.1. The van der Waals surface area contributed by atoms with Crippen LogP contribution in [0.5, 0.6) is 0 Å². The number of carbonyl (C=O) groups is 1. The zero-order valence-corrected chi connectivity index (χ0v) is 11.4. The standard InChI is InChI=1S/C17H12N2O2/c1-11-2-7-16-15(8-11)13(9-18)10-19(16)14-5-3-12(4-6-14)17(20)21/h2-8,10H,1H3,(H,20,21). The molecule has 0 aliphatic carbocycles. The van der Waals surface area contributed by atoms with E-state index in [2.05, 4.69) is 6.07 Å². The number of aromatic carboxylic acids is 1. The van der Waals surface area contributed by atoms with E-state index < -0.39 is 5.97 Å². The number of carboxylic acids is 1. The molecule has 0 saturated carbocycles. The summed E-state index contributed by atoms with van der Waals surface area (Å²) in [6, 6.07) is 14.7. The van der Waals surface area contributed by atoms with Crippen LogP contribution in [0.2, 0.25) is 0 Å². The van der Waals surface area contributed by atoms with Gasteiger partial charge in [0.05, 0.1) is 16.6 Å². The number of nitrogens with zero attached hydrogens (tertiary/aromatic N) is 2. The van der Waals surface area contributed by atoms with Gasteiger partial charge in [0, 0.05) is 17.3 Å². The van der Waals surface area contributed by atoms with Crippen LogP contribution in [0.25, 0.3) is 16.6 Å². The van der Waals surface area contributed by atoms with Crippen LogP contribution in [0.3, 0.4) is 0 Å². The summed E-state index contributed by atoms with van der Waals surface area (Å²) in [6.07, 6.45) is 1.78. The van der Waals surface area contributed by atoms with Crippen molar-refractivity contribution in [3.05, 3.63) is 65.4 Å². The van der Waals surface area contributed by atoms with Crippen molar-refractivity contribution in [1.29, 1.82) is 5.26 Å². The molecular formula is C17H12N2O2. The van der Waals surface area contributed by atoms with Gasteiger partial charge in [-0.2, -0.15) is 5.26 Å². The van der Waals surface area contributed by atoms with Gasteiger partial charge >= 0.3 is 5.97 Å². The van der Waals surface area contributed by atoms with E-state index in [0.29, 0.717) is 5.56 Å². The Morgan fingerprint density at radius 2 is 1.90 bits per heavy atom. The molecule has 4 nitrogen and oxygen atoms in total. The van der Waals surface area contributed by atoms with Crippen molar-refractivity contribution in [1.82, 2.24) is 4.57 Å². The van der Waals surface area contributed by atoms with Crippen molar-refractivity contribution in [2.45, 2.75) is 6.92 Å². The molecule has 21 heavy (non-hydrogen) atoms. The van der Waals surface area contributed by atoms with Crippen molar-refractivity contribution >= 4 is 16.9 Å². The number of nitriles is 1. The highest BCUT2D eigenvalue weighted by Gasteiger charge is 2.10. The molecule has 0 unspecified atom stereocenters. The lowest BCUT2D eigenvalue weighted by Gasteiger charge is -2.06. The molecule has 1 heterocycles. The van der Waals surface area contributed by atoms with E-state index in [1.807, 2.05) is 29.7 Å². The van der Waals surface area contributed by atoms with Crippen LogP contribution < -0.4 is 0 Å². The molecule has 1 aromatic heterocycles. The number of aromatic nitrogens is 1. The van der Waals surface area contributed by atoms with E-state index in [4.69, 9.17) is 5.11 Å². The van der Waals surface area contributed by atoms with Crippen molar-refractivity contribution in [3.8, 4) is 11.8 Å². The van der Waals surface area contributed by atoms with Gasteiger partial charge in [0.2, 0.25) is 0 Å². The van der Waals surface area contributed by atoms with Crippen LogP contribution >= 0.6 is 0 Å². The average molecular weight is 276 g/mol. The number of aryl methyl sites for hydroxylation is 1. The largest absolute Gasteiger partial charge is 0.478 e. The van der Waals surface area contributed by atoms with Gasteiger partial charge in [0.1, 0.15) is 6.07 Å². The summed E-state index contributed by atoms with van der Waals surface area (Å²) in [5.41, 5.74) is 3.70. The second-order valence-corrected chi connectivity index (χ2v) is 4.90. The number of hydrogen-bond acceptors (Lipinski definition) is 2. The minimum absolute atomic E-state index is 0.242. The van der Waals surface area contributed by atoms with Gasteiger partial charge < -0.3 is 9.67 Å². The van der Waals surface area contributed by atoms with E-state index in [1.54, 1.807) is 30.5 Å². The normalized spacial score (nSPS) is 10.5. The number of benzene rings is 2.